The van der Waals surface area contributed by atoms with Crippen LogP contribution in [0.25, 0.3) is 11.3 Å². The summed E-state index contributed by atoms with van der Waals surface area (Å²) in [6.07, 6.45) is 2.39. The van der Waals surface area contributed by atoms with Crippen molar-refractivity contribution < 1.29 is 9.53 Å². The fourth-order valence-corrected chi connectivity index (χ4v) is 4.10. The van der Waals surface area contributed by atoms with Crippen LogP contribution >= 0.6 is 15.9 Å². The molecular weight excluding hydrogens is 430 g/mol. The number of ether oxygens (including phenoxy) is 1. The van der Waals surface area contributed by atoms with Crippen LogP contribution in [0.3, 0.4) is 0 Å². The predicted molar refractivity (Wildman–Crippen MR) is 116 cm³/mol. The van der Waals surface area contributed by atoms with Gasteiger partial charge in [-0.25, -0.2) is 9.78 Å². The average molecular weight is 454 g/mol. The minimum atomic E-state index is -0.294. The van der Waals surface area contributed by atoms with Gasteiger partial charge >= 0.3 is 6.09 Å². The number of nitrogens with one attached hydrogen (secondary N) is 1. The number of amides is 1. The molecule has 1 aromatic heterocycles. The normalized spacial score (nSPS) is 21.3. The standard InChI is InChI=1S/C23H24BrN3O2/c1-15-12-21(22-25-13-20(26-22)18-8-10-19(24)11-9-18)27(16(15)2)23(28)29-14-17-6-4-3-5-7-17/h3-11,13,15-16,21H,12,14H2,1-2H3,(H,25,26)/t15-,16-,21+/m1/s1. The highest BCUT2D eigenvalue weighted by Gasteiger charge is 2.42. The maximum atomic E-state index is 12.9. The van der Waals surface area contributed by atoms with Crippen molar-refractivity contribution in [3.05, 3.63) is 76.7 Å². The van der Waals surface area contributed by atoms with E-state index >= 15 is 0 Å². The molecule has 2 heterocycles. The van der Waals surface area contributed by atoms with Gasteiger partial charge in [-0.1, -0.05) is 65.3 Å². The fraction of sp³-hybridized carbons (Fsp3) is 0.304. The molecule has 1 amide bonds. The molecule has 0 saturated carbocycles. The summed E-state index contributed by atoms with van der Waals surface area (Å²) in [7, 11) is 0. The maximum Gasteiger partial charge on any atom is 0.410 e. The number of rotatable bonds is 4. The second-order valence-electron chi connectivity index (χ2n) is 7.61. The van der Waals surface area contributed by atoms with E-state index in [2.05, 4.69) is 39.7 Å². The van der Waals surface area contributed by atoms with Crippen LogP contribution in [-0.2, 0) is 11.3 Å². The van der Waals surface area contributed by atoms with Crippen molar-refractivity contribution >= 4 is 22.0 Å². The van der Waals surface area contributed by atoms with Crippen molar-refractivity contribution in [3.8, 4) is 11.3 Å². The lowest BCUT2D eigenvalue weighted by Gasteiger charge is -2.27. The zero-order valence-corrected chi connectivity index (χ0v) is 18.1. The van der Waals surface area contributed by atoms with E-state index in [1.165, 1.54) is 0 Å². The number of imidazole rings is 1. The predicted octanol–water partition coefficient (Wildman–Crippen LogP) is 5.95. The average Bonchev–Trinajstić information content (AvgIpc) is 3.33. The van der Waals surface area contributed by atoms with E-state index in [0.717, 1.165) is 33.5 Å². The molecule has 1 aliphatic rings. The van der Waals surface area contributed by atoms with Crippen LogP contribution in [-0.4, -0.2) is 27.0 Å². The van der Waals surface area contributed by atoms with Crippen LogP contribution in [0.1, 0.15) is 37.7 Å². The lowest BCUT2D eigenvalue weighted by molar-refractivity contribution is 0.0773. The summed E-state index contributed by atoms with van der Waals surface area (Å²) in [5, 5.41) is 0. The van der Waals surface area contributed by atoms with Gasteiger partial charge in [-0.15, -0.1) is 0 Å². The number of likely N-dealkylation sites (tertiary alicyclic amines) is 1. The third kappa shape index (κ3) is 4.22. The summed E-state index contributed by atoms with van der Waals surface area (Å²) in [4.78, 5) is 22.8. The van der Waals surface area contributed by atoms with Crippen LogP contribution in [0.5, 0.6) is 0 Å². The Hall–Kier alpha value is -2.60. The second kappa shape index (κ2) is 8.41. The lowest BCUT2D eigenvalue weighted by Crippen LogP contribution is -2.37. The number of carbonyl (C=O) groups is 1. The van der Waals surface area contributed by atoms with Gasteiger partial charge in [0.25, 0.3) is 0 Å². The molecule has 1 saturated heterocycles. The minimum Gasteiger partial charge on any atom is -0.445 e. The molecule has 1 fully saturated rings. The summed E-state index contributed by atoms with van der Waals surface area (Å²) in [6, 6.07) is 17.8. The van der Waals surface area contributed by atoms with Gasteiger partial charge in [0.05, 0.1) is 17.9 Å². The molecule has 5 nitrogen and oxygen atoms in total. The van der Waals surface area contributed by atoms with Crippen LogP contribution in [0, 0.1) is 5.92 Å². The summed E-state index contributed by atoms with van der Waals surface area (Å²) >= 11 is 3.46. The Kier molecular flexibility index (Phi) is 5.72. The van der Waals surface area contributed by atoms with Gasteiger partial charge in [0, 0.05) is 10.5 Å². The molecule has 0 bridgehead atoms. The molecule has 0 spiro atoms. The molecule has 3 aromatic rings. The van der Waals surface area contributed by atoms with Crippen molar-refractivity contribution in [1.82, 2.24) is 14.9 Å². The van der Waals surface area contributed by atoms with E-state index in [1.807, 2.05) is 65.7 Å². The van der Waals surface area contributed by atoms with Crippen LogP contribution < -0.4 is 0 Å². The number of carbonyl (C=O) groups excluding carboxylic acids is 1. The number of benzene rings is 2. The number of H-pyrrole nitrogens is 1. The quantitative estimate of drug-likeness (QED) is 0.530. The molecule has 0 unspecified atom stereocenters. The third-order valence-corrected chi connectivity index (χ3v) is 6.20. The SMILES string of the molecule is C[C@@H]1C[C@@H](c2ncc(-c3ccc(Br)cc3)[nH]2)N(C(=O)OCc2ccccc2)[C@@H]1C. The summed E-state index contributed by atoms with van der Waals surface area (Å²) in [5.74, 6) is 1.17. The zero-order chi connectivity index (χ0) is 20.4. The highest BCUT2D eigenvalue weighted by molar-refractivity contribution is 9.10. The summed E-state index contributed by atoms with van der Waals surface area (Å²) in [6.45, 7) is 4.51. The van der Waals surface area contributed by atoms with Crippen molar-refractivity contribution in [2.75, 3.05) is 0 Å². The van der Waals surface area contributed by atoms with Gasteiger partial charge in [-0.05, 0) is 42.5 Å². The molecule has 4 rings (SSSR count). The van der Waals surface area contributed by atoms with Crippen LogP contribution in [0.2, 0.25) is 0 Å². The highest BCUT2D eigenvalue weighted by atomic mass is 79.9. The second-order valence-corrected chi connectivity index (χ2v) is 8.52. The van der Waals surface area contributed by atoms with Crippen molar-refractivity contribution in [1.29, 1.82) is 0 Å². The van der Waals surface area contributed by atoms with Gasteiger partial charge in [0.2, 0.25) is 0 Å². The largest absolute Gasteiger partial charge is 0.445 e. The first kappa shape index (κ1) is 19.7. The van der Waals surface area contributed by atoms with E-state index in [4.69, 9.17) is 4.74 Å². The summed E-state index contributed by atoms with van der Waals surface area (Å²) in [5.41, 5.74) is 2.98. The highest BCUT2D eigenvalue weighted by Crippen LogP contribution is 2.39. The number of hydrogen-bond donors (Lipinski definition) is 1. The number of aromatic nitrogens is 2. The van der Waals surface area contributed by atoms with E-state index in [1.54, 1.807) is 0 Å². The van der Waals surface area contributed by atoms with E-state index in [9.17, 15) is 4.79 Å². The van der Waals surface area contributed by atoms with Crippen LogP contribution in [0.15, 0.2) is 65.3 Å². The number of aromatic amines is 1. The van der Waals surface area contributed by atoms with E-state index in [0.29, 0.717) is 5.92 Å². The van der Waals surface area contributed by atoms with Gasteiger partial charge in [-0.3, -0.25) is 4.90 Å². The Labute approximate surface area is 179 Å². The van der Waals surface area contributed by atoms with Gasteiger partial charge in [0.15, 0.2) is 0 Å². The lowest BCUT2D eigenvalue weighted by atomic mass is 10.0. The molecule has 1 N–H and O–H groups in total. The maximum absolute atomic E-state index is 12.9. The topological polar surface area (TPSA) is 58.2 Å². The molecule has 0 radical (unpaired) electrons. The van der Waals surface area contributed by atoms with Gasteiger partial charge < -0.3 is 9.72 Å². The summed E-state index contributed by atoms with van der Waals surface area (Å²) < 4.78 is 6.66. The fourth-order valence-electron chi connectivity index (χ4n) is 3.83. The first-order valence-electron chi connectivity index (χ1n) is 9.83. The first-order chi connectivity index (χ1) is 14.0. The molecule has 29 heavy (non-hydrogen) atoms. The molecule has 1 aliphatic heterocycles. The smallest absolute Gasteiger partial charge is 0.410 e. The Balaban J connectivity index is 1.52. The number of nitrogens with zero attached hydrogens (tertiary/aromatic N) is 2. The van der Waals surface area contributed by atoms with E-state index < -0.39 is 0 Å². The molecule has 2 aromatic carbocycles. The zero-order valence-electron chi connectivity index (χ0n) is 16.5. The Morgan fingerprint density at radius 1 is 1.17 bits per heavy atom. The van der Waals surface area contributed by atoms with E-state index in [-0.39, 0.29) is 24.8 Å². The molecular formula is C23H24BrN3O2. The van der Waals surface area contributed by atoms with Crippen molar-refractivity contribution in [3.63, 3.8) is 0 Å². The number of halogens is 1. The Morgan fingerprint density at radius 3 is 2.62 bits per heavy atom. The molecule has 0 aliphatic carbocycles. The molecule has 3 atom stereocenters. The Morgan fingerprint density at radius 2 is 1.90 bits per heavy atom. The third-order valence-electron chi connectivity index (χ3n) is 5.68. The number of hydrogen-bond acceptors (Lipinski definition) is 3. The molecule has 6 heteroatoms. The van der Waals surface area contributed by atoms with Crippen molar-refractivity contribution in [2.45, 2.75) is 39.0 Å². The Bertz CT molecular complexity index is 971. The minimum absolute atomic E-state index is 0.0875. The van der Waals surface area contributed by atoms with Crippen LogP contribution in [0.4, 0.5) is 4.79 Å². The monoisotopic (exact) mass is 453 g/mol. The van der Waals surface area contributed by atoms with Gasteiger partial charge in [0.1, 0.15) is 12.4 Å². The van der Waals surface area contributed by atoms with Crippen molar-refractivity contribution in [2.24, 2.45) is 5.92 Å². The molecule has 150 valence electrons. The van der Waals surface area contributed by atoms with Gasteiger partial charge in [-0.2, -0.15) is 0 Å². The first-order valence-corrected chi connectivity index (χ1v) is 10.6.